The molecule has 2 aliphatic rings. The minimum Gasteiger partial charge on any atom is -0.342 e. The van der Waals surface area contributed by atoms with Crippen molar-refractivity contribution in [3.8, 4) is 0 Å². The van der Waals surface area contributed by atoms with Crippen LogP contribution in [0.1, 0.15) is 43.2 Å². The molecule has 1 saturated heterocycles. The molecule has 0 atom stereocenters. The van der Waals surface area contributed by atoms with Crippen molar-refractivity contribution in [1.82, 2.24) is 9.80 Å². The SMILES string of the molecule is O=C(CC(=O)N1CCc2ccccc2C1)N1CCCCCC1. The van der Waals surface area contributed by atoms with Gasteiger partial charge in [-0.15, -0.1) is 0 Å². The zero-order valence-corrected chi connectivity index (χ0v) is 13.1. The van der Waals surface area contributed by atoms with Gasteiger partial charge in [0.05, 0.1) is 0 Å². The van der Waals surface area contributed by atoms with Crippen LogP contribution in [-0.4, -0.2) is 41.2 Å². The van der Waals surface area contributed by atoms with Crippen LogP contribution >= 0.6 is 0 Å². The molecule has 0 bridgehead atoms. The van der Waals surface area contributed by atoms with Gasteiger partial charge in [0.2, 0.25) is 11.8 Å². The predicted molar refractivity (Wildman–Crippen MR) is 85.2 cm³/mol. The minimum atomic E-state index is -0.0243. The maximum absolute atomic E-state index is 12.4. The Morgan fingerprint density at radius 2 is 1.45 bits per heavy atom. The zero-order valence-electron chi connectivity index (χ0n) is 13.1. The van der Waals surface area contributed by atoms with Gasteiger partial charge in [0, 0.05) is 26.2 Å². The van der Waals surface area contributed by atoms with E-state index in [0.717, 1.165) is 38.9 Å². The summed E-state index contributed by atoms with van der Waals surface area (Å²) in [5.74, 6) is -0.0190. The van der Waals surface area contributed by atoms with Crippen molar-refractivity contribution in [1.29, 1.82) is 0 Å². The predicted octanol–water partition coefficient (Wildman–Crippen LogP) is 2.36. The number of likely N-dealkylation sites (tertiary alicyclic amines) is 1. The zero-order chi connectivity index (χ0) is 15.4. The van der Waals surface area contributed by atoms with E-state index in [1.165, 1.54) is 24.0 Å². The Bertz CT molecular complexity index is 548. The van der Waals surface area contributed by atoms with E-state index in [4.69, 9.17) is 0 Å². The van der Waals surface area contributed by atoms with E-state index in [-0.39, 0.29) is 18.2 Å². The van der Waals surface area contributed by atoms with Crippen LogP contribution in [0, 0.1) is 0 Å². The first-order valence-electron chi connectivity index (χ1n) is 8.36. The Hall–Kier alpha value is -1.84. The molecule has 2 aliphatic heterocycles. The molecule has 4 nitrogen and oxygen atoms in total. The number of carbonyl (C=O) groups is 2. The second kappa shape index (κ2) is 6.95. The normalized spacial score (nSPS) is 18.5. The summed E-state index contributed by atoms with van der Waals surface area (Å²) < 4.78 is 0. The molecule has 3 rings (SSSR count). The van der Waals surface area contributed by atoms with E-state index >= 15 is 0 Å². The summed E-state index contributed by atoms with van der Waals surface area (Å²) in [6.45, 7) is 3.00. The highest BCUT2D eigenvalue weighted by Crippen LogP contribution is 2.19. The third kappa shape index (κ3) is 3.49. The van der Waals surface area contributed by atoms with Crippen LogP contribution in [0.2, 0.25) is 0 Å². The molecule has 0 unspecified atom stereocenters. The lowest BCUT2D eigenvalue weighted by molar-refractivity contribution is -0.141. The van der Waals surface area contributed by atoms with Crippen LogP contribution < -0.4 is 0 Å². The first kappa shape index (κ1) is 15.1. The highest BCUT2D eigenvalue weighted by molar-refractivity contribution is 5.97. The van der Waals surface area contributed by atoms with Gasteiger partial charge >= 0.3 is 0 Å². The van der Waals surface area contributed by atoms with Gasteiger partial charge < -0.3 is 9.80 Å². The van der Waals surface area contributed by atoms with Crippen molar-refractivity contribution in [2.75, 3.05) is 19.6 Å². The second-order valence-electron chi connectivity index (χ2n) is 6.31. The molecular weight excluding hydrogens is 276 g/mol. The van der Waals surface area contributed by atoms with Gasteiger partial charge in [0.1, 0.15) is 6.42 Å². The van der Waals surface area contributed by atoms with Gasteiger partial charge in [-0.1, -0.05) is 37.1 Å². The number of hydrogen-bond acceptors (Lipinski definition) is 2. The number of rotatable bonds is 2. The van der Waals surface area contributed by atoms with Gasteiger partial charge in [-0.05, 0) is 30.4 Å². The Morgan fingerprint density at radius 3 is 2.18 bits per heavy atom. The summed E-state index contributed by atoms with van der Waals surface area (Å²) in [7, 11) is 0. The molecule has 2 heterocycles. The molecular formula is C18H24N2O2. The molecule has 0 aromatic heterocycles. The molecule has 22 heavy (non-hydrogen) atoms. The minimum absolute atomic E-state index is 0.00533. The monoisotopic (exact) mass is 300 g/mol. The van der Waals surface area contributed by atoms with E-state index in [9.17, 15) is 9.59 Å². The average Bonchev–Trinajstić information content (AvgIpc) is 2.83. The number of nitrogens with zero attached hydrogens (tertiary/aromatic N) is 2. The van der Waals surface area contributed by atoms with Gasteiger partial charge in [0.25, 0.3) is 0 Å². The largest absolute Gasteiger partial charge is 0.342 e. The summed E-state index contributed by atoms with van der Waals surface area (Å²) in [6.07, 6.45) is 5.44. The van der Waals surface area contributed by atoms with Crippen molar-refractivity contribution < 1.29 is 9.59 Å². The summed E-state index contributed by atoms with van der Waals surface area (Å²) >= 11 is 0. The molecule has 1 aromatic rings. The van der Waals surface area contributed by atoms with Crippen LogP contribution in [0.4, 0.5) is 0 Å². The Labute approximate surface area is 132 Å². The maximum atomic E-state index is 12.4. The van der Waals surface area contributed by atoms with E-state index in [1.54, 1.807) is 0 Å². The van der Waals surface area contributed by atoms with Crippen molar-refractivity contribution in [2.45, 2.75) is 45.1 Å². The summed E-state index contributed by atoms with van der Waals surface area (Å²) in [6, 6.07) is 8.25. The second-order valence-corrected chi connectivity index (χ2v) is 6.31. The van der Waals surface area contributed by atoms with E-state index < -0.39 is 0 Å². The summed E-state index contributed by atoms with van der Waals surface area (Å²) in [5, 5.41) is 0. The Morgan fingerprint density at radius 1 is 0.818 bits per heavy atom. The van der Waals surface area contributed by atoms with Crippen LogP contribution in [-0.2, 0) is 22.6 Å². The van der Waals surface area contributed by atoms with Crippen LogP contribution in [0.3, 0.4) is 0 Å². The van der Waals surface area contributed by atoms with Crippen molar-refractivity contribution in [2.24, 2.45) is 0 Å². The third-order valence-corrected chi connectivity index (χ3v) is 4.74. The lowest BCUT2D eigenvalue weighted by atomic mass is 10.00. The fraction of sp³-hybridized carbons (Fsp3) is 0.556. The number of amides is 2. The molecule has 4 heteroatoms. The number of benzene rings is 1. The smallest absolute Gasteiger partial charge is 0.232 e. The average molecular weight is 300 g/mol. The van der Waals surface area contributed by atoms with Crippen LogP contribution in [0.25, 0.3) is 0 Å². The molecule has 0 radical (unpaired) electrons. The molecule has 0 saturated carbocycles. The van der Waals surface area contributed by atoms with Gasteiger partial charge in [-0.2, -0.15) is 0 Å². The van der Waals surface area contributed by atoms with Gasteiger partial charge in [-0.25, -0.2) is 0 Å². The molecule has 2 amide bonds. The fourth-order valence-corrected chi connectivity index (χ4v) is 3.38. The highest BCUT2D eigenvalue weighted by Gasteiger charge is 2.24. The topological polar surface area (TPSA) is 40.6 Å². The van der Waals surface area contributed by atoms with Crippen molar-refractivity contribution in [3.05, 3.63) is 35.4 Å². The first-order chi connectivity index (χ1) is 10.7. The highest BCUT2D eigenvalue weighted by atomic mass is 16.2. The van der Waals surface area contributed by atoms with Gasteiger partial charge in [0.15, 0.2) is 0 Å². The molecule has 1 aromatic carbocycles. The van der Waals surface area contributed by atoms with Crippen molar-refractivity contribution in [3.63, 3.8) is 0 Å². The standard InChI is InChI=1S/C18H24N2O2/c21-17(19-10-5-1-2-6-11-19)13-18(22)20-12-9-15-7-3-4-8-16(15)14-20/h3-4,7-8H,1-2,5-6,9-14H2. The quantitative estimate of drug-likeness (QED) is 0.787. The molecule has 0 spiro atoms. The first-order valence-corrected chi connectivity index (χ1v) is 8.36. The summed E-state index contributed by atoms with van der Waals surface area (Å²) in [5.41, 5.74) is 2.54. The number of carbonyl (C=O) groups excluding carboxylic acids is 2. The lowest BCUT2D eigenvalue weighted by Crippen LogP contribution is -2.40. The lowest BCUT2D eigenvalue weighted by Gasteiger charge is -2.29. The number of hydrogen-bond donors (Lipinski definition) is 0. The van der Waals surface area contributed by atoms with Crippen LogP contribution in [0.15, 0.2) is 24.3 Å². The van der Waals surface area contributed by atoms with Crippen molar-refractivity contribution >= 4 is 11.8 Å². The number of fused-ring (bicyclic) bond motifs is 1. The van der Waals surface area contributed by atoms with E-state index in [0.29, 0.717) is 6.54 Å². The maximum Gasteiger partial charge on any atom is 0.232 e. The van der Waals surface area contributed by atoms with Crippen LogP contribution in [0.5, 0.6) is 0 Å². The van der Waals surface area contributed by atoms with E-state index in [2.05, 4.69) is 12.1 Å². The Balaban J connectivity index is 1.57. The Kier molecular flexibility index (Phi) is 4.76. The molecule has 0 aliphatic carbocycles. The van der Waals surface area contributed by atoms with E-state index in [1.807, 2.05) is 21.9 Å². The molecule has 0 N–H and O–H groups in total. The van der Waals surface area contributed by atoms with Gasteiger partial charge in [-0.3, -0.25) is 9.59 Å². The fourth-order valence-electron chi connectivity index (χ4n) is 3.38. The third-order valence-electron chi connectivity index (χ3n) is 4.74. The summed E-state index contributed by atoms with van der Waals surface area (Å²) in [4.78, 5) is 28.5. The molecule has 118 valence electrons. The molecule has 1 fully saturated rings.